The number of fused-ring (bicyclic) bond motifs is 1. The highest BCUT2D eigenvalue weighted by atomic mass is 16.5. The number of aromatic amines is 1. The molecule has 2 atom stereocenters. The first-order chi connectivity index (χ1) is 15.6. The molecule has 2 aliphatic rings. The molecule has 32 heavy (non-hydrogen) atoms. The first-order valence-electron chi connectivity index (χ1n) is 10.7. The molecule has 0 bridgehead atoms. The van der Waals surface area contributed by atoms with Crippen LogP contribution in [0.1, 0.15) is 30.0 Å². The van der Waals surface area contributed by atoms with Gasteiger partial charge in [0.15, 0.2) is 0 Å². The highest BCUT2D eigenvalue weighted by Gasteiger charge is 2.47. The molecule has 1 amide bonds. The Bertz CT molecular complexity index is 1200. The van der Waals surface area contributed by atoms with Crippen LogP contribution in [0.2, 0.25) is 0 Å². The van der Waals surface area contributed by atoms with Gasteiger partial charge in [-0.1, -0.05) is 18.2 Å². The van der Waals surface area contributed by atoms with Gasteiger partial charge in [-0.3, -0.25) is 9.59 Å². The fourth-order valence-electron chi connectivity index (χ4n) is 4.62. The Morgan fingerprint density at radius 3 is 2.69 bits per heavy atom. The quantitative estimate of drug-likeness (QED) is 0.364. The van der Waals surface area contributed by atoms with Crippen LogP contribution in [0.5, 0.6) is 5.75 Å². The Kier molecular flexibility index (Phi) is 5.19. The number of rotatable bonds is 5. The Morgan fingerprint density at radius 2 is 1.97 bits per heavy atom. The number of ketones is 1. The lowest BCUT2D eigenvalue weighted by molar-refractivity contribution is -0.140. The molecule has 7 heteroatoms. The fourth-order valence-corrected chi connectivity index (χ4v) is 4.62. The maximum Gasteiger partial charge on any atom is 0.295 e. The van der Waals surface area contributed by atoms with Crippen molar-refractivity contribution in [3.63, 3.8) is 0 Å². The summed E-state index contributed by atoms with van der Waals surface area (Å²) < 4.78 is 10.9. The number of Topliss-reactive ketones (excluding diaryl/α,β-unsaturated/α-hetero) is 1. The summed E-state index contributed by atoms with van der Waals surface area (Å²) in [7, 11) is 1.56. The topological polar surface area (TPSA) is 91.9 Å². The number of carbonyl (C=O) groups excluding carboxylic acids is 2. The second kappa shape index (κ2) is 8.16. The molecular weight excluding hydrogens is 408 g/mol. The fraction of sp³-hybridized carbons (Fsp3) is 0.280. The van der Waals surface area contributed by atoms with Crippen LogP contribution in [0.15, 0.2) is 60.3 Å². The lowest BCUT2D eigenvalue weighted by atomic mass is 9.94. The molecule has 5 rings (SSSR count). The minimum Gasteiger partial charge on any atom is -0.507 e. The van der Waals surface area contributed by atoms with Crippen LogP contribution in [0, 0.1) is 0 Å². The van der Waals surface area contributed by atoms with Gasteiger partial charge < -0.3 is 24.5 Å². The summed E-state index contributed by atoms with van der Waals surface area (Å²) in [6.45, 7) is 0.951. The summed E-state index contributed by atoms with van der Waals surface area (Å²) in [6.07, 6.45) is 3.45. The number of nitrogens with zero attached hydrogens (tertiary/aromatic N) is 1. The SMILES string of the molecule is COc1ccc(/C(O)=C2\C(=O)C(=O)N(CC3CCCO3)C2c2c[nH]c3ccccc23)cc1. The van der Waals surface area contributed by atoms with Crippen molar-refractivity contribution in [3.8, 4) is 5.75 Å². The molecule has 3 heterocycles. The summed E-state index contributed by atoms with van der Waals surface area (Å²) in [6, 6.07) is 13.8. The second-order valence-electron chi connectivity index (χ2n) is 8.10. The smallest absolute Gasteiger partial charge is 0.295 e. The van der Waals surface area contributed by atoms with E-state index < -0.39 is 17.7 Å². The van der Waals surface area contributed by atoms with Crippen molar-refractivity contribution in [1.82, 2.24) is 9.88 Å². The molecule has 0 saturated carbocycles. The van der Waals surface area contributed by atoms with Gasteiger partial charge in [0.25, 0.3) is 11.7 Å². The van der Waals surface area contributed by atoms with Crippen molar-refractivity contribution in [2.24, 2.45) is 0 Å². The molecule has 3 aromatic rings. The van der Waals surface area contributed by atoms with Crippen LogP contribution >= 0.6 is 0 Å². The van der Waals surface area contributed by atoms with Crippen LogP contribution in [0.25, 0.3) is 16.7 Å². The first kappa shape index (κ1) is 20.3. The summed E-state index contributed by atoms with van der Waals surface area (Å²) >= 11 is 0. The zero-order chi connectivity index (χ0) is 22.2. The third-order valence-electron chi connectivity index (χ3n) is 6.24. The molecule has 0 aliphatic carbocycles. The number of benzene rings is 2. The number of aliphatic hydroxyl groups excluding tert-OH is 1. The first-order valence-corrected chi connectivity index (χ1v) is 10.7. The zero-order valence-electron chi connectivity index (χ0n) is 17.7. The van der Waals surface area contributed by atoms with Gasteiger partial charge in [0.2, 0.25) is 0 Å². The molecular formula is C25H24N2O5. The van der Waals surface area contributed by atoms with Crippen LogP contribution in [-0.4, -0.2) is 53.0 Å². The average molecular weight is 432 g/mol. The van der Waals surface area contributed by atoms with Crippen molar-refractivity contribution in [3.05, 3.63) is 71.4 Å². The lowest BCUT2D eigenvalue weighted by Gasteiger charge is -2.27. The molecule has 0 radical (unpaired) electrons. The molecule has 2 aliphatic heterocycles. The maximum absolute atomic E-state index is 13.2. The lowest BCUT2D eigenvalue weighted by Crippen LogP contribution is -2.36. The van der Waals surface area contributed by atoms with Gasteiger partial charge in [-0.05, 0) is 43.2 Å². The summed E-state index contributed by atoms with van der Waals surface area (Å²) in [5, 5.41) is 12.1. The minimum atomic E-state index is -0.711. The molecule has 0 spiro atoms. The van der Waals surface area contributed by atoms with E-state index in [1.54, 1.807) is 36.3 Å². The number of methoxy groups -OCH3 is 1. The predicted octanol–water partition coefficient (Wildman–Crippen LogP) is 3.78. The van der Waals surface area contributed by atoms with Crippen LogP contribution in [0.3, 0.4) is 0 Å². The molecule has 7 nitrogen and oxygen atoms in total. The normalized spacial score (nSPS) is 22.7. The highest BCUT2D eigenvalue weighted by molar-refractivity contribution is 6.46. The van der Waals surface area contributed by atoms with Crippen molar-refractivity contribution < 1.29 is 24.2 Å². The molecule has 1 aromatic heterocycles. The molecule has 2 saturated heterocycles. The number of likely N-dealkylation sites (tertiary alicyclic amines) is 1. The van der Waals surface area contributed by atoms with Gasteiger partial charge in [0.05, 0.1) is 24.8 Å². The number of hydrogen-bond donors (Lipinski definition) is 2. The summed E-state index contributed by atoms with van der Waals surface area (Å²) in [5.41, 5.74) is 2.20. The highest BCUT2D eigenvalue weighted by Crippen LogP contribution is 2.42. The van der Waals surface area contributed by atoms with E-state index in [1.165, 1.54) is 0 Å². The minimum absolute atomic E-state index is 0.0860. The number of hydrogen-bond acceptors (Lipinski definition) is 5. The van der Waals surface area contributed by atoms with E-state index in [9.17, 15) is 14.7 Å². The molecule has 2 aromatic carbocycles. The van der Waals surface area contributed by atoms with Crippen molar-refractivity contribution in [2.45, 2.75) is 25.0 Å². The van der Waals surface area contributed by atoms with Gasteiger partial charge in [0.1, 0.15) is 11.5 Å². The number of amides is 1. The number of aromatic nitrogens is 1. The third kappa shape index (κ3) is 3.35. The van der Waals surface area contributed by atoms with E-state index >= 15 is 0 Å². The van der Waals surface area contributed by atoms with Gasteiger partial charge >= 0.3 is 0 Å². The van der Waals surface area contributed by atoms with E-state index in [2.05, 4.69) is 4.98 Å². The maximum atomic E-state index is 13.2. The largest absolute Gasteiger partial charge is 0.507 e. The third-order valence-corrected chi connectivity index (χ3v) is 6.24. The van der Waals surface area contributed by atoms with Crippen molar-refractivity contribution >= 4 is 28.4 Å². The van der Waals surface area contributed by atoms with Gasteiger partial charge in [-0.25, -0.2) is 0 Å². The number of aliphatic hydroxyl groups is 1. The van der Waals surface area contributed by atoms with E-state index in [0.29, 0.717) is 24.5 Å². The van der Waals surface area contributed by atoms with Crippen molar-refractivity contribution in [1.29, 1.82) is 0 Å². The second-order valence-corrected chi connectivity index (χ2v) is 8.10. The van der Waals surface area contributed by atoms with Crippen molar-refractivity contribution in [2.75, 3.05) is 20.3 Å². The number of ether oxygens (including phenoxy) is 2. The summed E-state index contributed by atoms with van der Waals surface area (Å²) in [5.74, 6) is -0.873. The number of para-hydroxylation sites is 1. The van der Waals surface area contributed by atoms with E-state index in [-0.39, 0.29) is 17.4 Å². The zero-order valence-corrected chi connectivity index (χ0v) is 17.7. The van der Waals surface area contributed by atoms with Gasteiger partial charge in [0, 0.05) is 41.4 Å². The molecule has 2 N–H and O–H groups in total. The monoisotopic (exact) mass is 432 g/mol. The van der Waals surface area contributed by atoms with Crippen LogP contribution in [0.4, 0.5) is 0 Å². The van der Waals surface area contributed by atoms with Gasteiger partial charge in [-0.2, -0.15) is 0 Å². The Balaban J connectivity index is 1.66. The predicted molar refractivity (Wildman–Crippen MR) is 119 cm³/mol. The summed E-state index contributed by atoms with van der Waals surface area (Å²) in [4.78, 5) is 31.1. The average Bonchev–Trinajstić information content (AvgIpc) is 3.54. The Morgan fingerprint density at radius 1 is 1.19 bits per heavy atom. The molecule has 2 fully saturated rings. The number of carbonyl (C=O) groups is 2. The van der Waals surface area contributed by atoms with E-state index in [0.717, 1.165) is 29.3 Å². The van der Waals surface area contributed by atoms with Gasteiger partial charge in [-0.15, -0.1) is 0 Å². The van der Waals surface area contributed by atoms with Crippen LogP contribution in [-0.2, 0) is 14.3 Å². The molecule has 2 unspecified atom stereocenters. The Labute approximate surface area is 185 Å². The molecule has 164 valence electrons. The number of H-pyrrole nitrogens is 1. The van der Waals surface area contributed by atoms with Crippen LogP contribution < -0.4 is 4.74 Å². The Hall–Kier alpha value is -3.58. The standard InChI is InChI=1S/C25H24N2O5/c1-31-16-10-8-15(9-11-16)23(28)21-22(19-13-26-20-7-3-2-6-18(19)20)27(25(30)24(21)29)14-17-5-4-12-32-17/h2-3,6-11,13,17,22,26,28H,4-5,12,14H2,1H3/b23-21+. The number of nitrogens with one attached hydrogen (secondary N) is 1. The van der Waals surface area contributed by atoms with E-state index in [1.807, 2.05) is 30.5 Å². The van der Waals surface area contributed by atoms with E-state index in [4.69, 9.17) is 9.47 Å².